The average molecular weight is 380 g/mol. The fraction of sp³-hybridized carbons (Fsp3) is 0.385. The van der Waals surface area contributed by atoms with Crippen molar-refractivity contribution in [2.75, 3.05) is 6.54 Å². The summed E-state index contributed by atoms with van der Waals surface area (Å²) in [6, 6.07) is 1.70. The van der Waals surface area contributed by atoms with Crippen molar-refractivity contribution in [1.82, 2.24) is 15.3 Å². The van der Waals surface area contributed by atoms with Crippen LogP contribution in [0.15, 0.2) is 22.9 Å². The maximum absolute atomic E-state index is 13.1. The number of hydrogen-bond acceptors (Lipinski definition) is 4. The molecular formula is C13H13BrF3N3S. The zero-order chi connectivity index (χ0) is 15.5. The molecule has 0 saturated heterocycles. The maximum Gasteiger partial charge on any atom is 0.434 e. The highest BCUT2D eigenvalue weighted by Crippen LogP contribution is 2.37. The van der Waals surface area contributed by atoms with Crippen LogP contribution in [0.1, 0.15) is 23.9 Å². The van der Waals surface area contributed by atoms with Gasteiger partial charge in [-0.25, -0.2) is 4.98 Å². The van der Waals surface area contributed by atoms with Gasteiger partial charge in [0.1, 0.15) is 5.01 Å². The Balaban J connectivity index is 2.36. The van der Waals surface area contributed by atoms with Gasteiger partial charge in [-0.15, -0.1) is 11.3 Å². The normalized spacial score (nSPS) is 11.9. The van der Waals surface area contributed by atoms with Gasteiger partial charge in [0.2, 0.25) is 0 Å². The Kier molecular flexibility index (Phi) is 5.34. The fourth-order valence-corrected chi connectivity index (χ4v) is 3.12. The minimum Gasteiger partial charge on any atom is -0.312 e. The second-order valence-corrected chi connectivity index (χ2v) is 6.36. The molecule has 0 aliphatic heterocycles. The van der Waals surface area contributed by atoms with Crippen LogP contribution in [0.2, 0.25) is 0 Å². The van der Waals surface area contributed by atoms with E-state index in [-0.39, 0.29) is 11.4 Å². The van der Waals surface area contributed by atoms with Gasteiger partial charge in [-0.2, -0.15) is 13.2 Å². The van der Waals surface area contributed by atoms with Gasteiger partial charge in [-0.05, 0) is 35.0 Å². The molecule has 21 heavy (non-hydrogen) atoms. The number of aromatic nitrogens is 2. The molecule has 0 atom stereocenters. The van der Waals surface area contributed by atoms with Crippen molar-refractivity contribution in [1.29, 1.82) is 0 Å². The topological polar surface area (TPSA) is 37.8 Å². The Morgan fingerprint density at radius 3 is 2.71 bits per heavy atom. The lowest BCUT2D eigenvalue weighted by Gasteiger charge is -2.06. The van der Waals surface area contributed by atoms with Crippen LogP contribution in [0, 0.1) is 0 Å². The van der Waals surface area contributed by atoms with Crippen LogP contribution < -0.4 is 5.32 Å². The highest BCUT2D eigenvalue weighted by atomic mass is 79.9. The Labute approximate surface area is 132 Å². The van der Waals surface area contributed by atoms with Crippen molar-refractivity contribution in [2.45, 2.75) is 26.1 Å². The Bertz CT molecular complexity index is 613. The summed E-state index contributed by atoms with van der Waals surface area (Å²) in [5.74, 6) is 0. The van der Waals surface area contributed by atoms with E-state index in [1.165, 1.54) is 6.20 Å². The molecule has 0 bridgehead atoms. The summed E-state index contributed by atoms with van der Waals surface area (Å²) in [5, 5.41) is 3.31. The molecule has 0 unspecified atom stereocenters. The minimum atomic E-state index is -4.45. The summed E-state index contributed by atoms with van der Waals surface area (Å²) in [5.41, 5.74) is -0.243. The molecule has 0 radical (unpaired) electrons. The molecule has 0 aromatic carbocycles. The zero-order valence-electron chi connectivity index (χ0n) is 11.2. The highest BCUT2D eigenvalue weighted by Gasteiger charge is 2.37. The van der Waals surface area contributed by atoms with Crippen LogP contribution >= 0.6 is 27.3 Å². The van der Waals surface area contributed by atoms with Crippen LogP contribution in [-0.4, -0.2) is 16.5 Å². The van der Waals surface area contributed by atoms with E-state index in [1.54, 1.807) is 12.3 Å². The number of nitrogens with one attached hydrogen (secondary N) is 1. The van der Waals surface area contributed by atoms with Crippen molar-refractivity contribution in [2.24, 2.45) is 0 Å². The fourth-order valence-electron chi connectivity index (χ4n) is 1.72. The molecule has 0 fully saturated rings. The van der Waals surface area contributed by atoms with Crippen molar-refractivity contribution >= 4 is 27.3 Å². The van der Waals surface area contributed by atoms with Crippen molar-refractivity contribution in [3.8, 4) is 10.6 Å². The molecule has 114 valence electrons. The van der Waals surface area contributed by atoms with Crippen LogP contribution in [0.25, 0.3) is 10.6 Å². The molecular weight excluding hydrogens is 367 g/mol. The molecule has 0 aliphatic rings. The van der Waals surface area contributed by atoms with E-state index in [4.69, 9.17) is 0 Å². The molecule has 0 amide bonds. The van der Waals surface area contributed by atoms with E-state index in [1.807, 2.05) is 6.92 Å². The number of halogens is 4. The number of alkyl halides is 3. The van der Waals surface area contributed by atoms with Gasteiger partial charge in [0.15, 0.2) is 5.69 Å². The summed E-state index contributed by atoms with van der Waals surface area (Å²) in [7, 11) is 0. The van der Waals surface area contributed by atoms with Gasteiger partial charge in [0.05, 0.1) is 4.88 Å². The second kappa shape index (κ2) is 6.85. The lowest BCUT2D eigenvalue weighted by Crippen LogP contribution is -2.17. The number of nitrogens with zero attached hydrogens (tertiary/aromatic N) is 2. The highest BCUT2D eigenvalue weighted by molar-refractivity contribution is 9.10. The molecule has 0 spiro atoms. The van der Waals surface area contributed by atoms with Gasteiger partial charge in [0, 0.05) is 29.0 Å². The quantitative estimate of drug-likeness (QED) is 0.777. The number of hydrogen-bond donors (Lipinski definition) is 1. The summed E-state index contributed by atoms with van der Waals surface area (Å²) < 4.78 is 39.9. The van der Waals surface area contributed by atoms with Gasteiger partial charge < -0.3 is 5.32 Å². The standard InChI is InChI=1S/C13H13BrF3N3S/c1-2-3-18-7-10-11(13(15,16)17)20-12(21-10)8-4-9(14)6-19-5-8/h4-6,18H,2-3,7H2,1H3. The summed E-state index contributed by atoms with van der Waals surface area (Å²) in [6.45, 7) is 2.80. The molecule has 0 aliphatic carbocycles. The number of rotatable bonds is 5. The van der Waals surface area contributed by atoms with Crippen molar-refractivity contribution in [3.63, 3.8) is 0 Å². The molecule has 1 N–H and O–H groups in total. The molecule has 2 heterocycles. The lowest BCUT2D eigenvalue weighted by molar-refractivity contribution is -0.141. The van der Waals surface area contributed by atoms with E-state index in [2.05, 4.69) is 31.2 Å². The van der Waals surface area contributed by atoms with Gasteiger partial charge in [-0.1, -0.05) is 6.92 Å². The molecule has 8 heteroatoms. The average Bonchev–Trinajstić information content (AvgIpc) is 2.83. The minimum absolute atomic E-state index is 0.168. The Morgan fingerprint density at radius 1 is 1.33 bits per heavy atom. The van der Waals surface area contributed by atoms with E-state index in [0.29, 0.717) is 21.6 Å². The largest absolute Gasteiger partial charge is 0.434 e. The molecule has 0 saturated carbocycles. The first-order valence-corrected chi connectivity index (χ1v) is 7.91. The lowest BCUT2D eigenvalue weighted by atomic mass is 10.3. The molecule has 3 nitrogen and oxygen atoms in total. The van der Waals surface area contributed by atoms with Gasteiger partial charge in [0.25, 0.3) is 0 Å². The van der Waals surface area contributed by atoms with Gasteiger partial charge >= 0.3 is 6.18 Å². The first kappa shape index (κ1) is 16.4. The number of thiazole rings is 1. The zero-order valence-corrected chi connectivity index (χ0v) is 13.6. The third-order valence-corrected chi connectivity index (χ3v) is 4.17. The predicted molar refractivity (Wildman–Crippen MR) is 80.0 cm³/mol. The molecule has 2 aromatic rings. The van der Waals surface area contributed by atoms with E-state index < -0.39 is 11.9 Å². The maximum atomic E-state index is 13.1. The van der Waals surface area contributed by atoms with Crippen LogP contribution in [0.3, 0.4) is 0 Å². The SMILES string of the molecule is CCCNCc1sc(-c2cncc(Br)c2)nc1C(F)(F)F. The molecule has 2 rings (SSSR count). The predicted octanol–water partition coefficient (Wildman–Crippen LogP) is 4.49. The third-order valence-electron chi connectivity index (χ3n) is 2.63. The van der Waals surface area contributed by atoms with Crippen LogP contribution in [0.5, 0.6) is 0 Å². The first-order valence-electron chi connectivity index (χ1n) is 6.30. The van der Waals surface area contributed by atoms with Crippen LogP contribution in [0.4, 0.5) is 13.2 Å². The van der Waals surface area contributed by atoms with E-state index in [9.17, 15) is 13.2 Å². The second-order valence-electron chi connectivity index (χ2n) is 4.36. The van der Waals surface area contributed by atoms with Crippen LogP contribution in [-0.2, 0) is 12.7 Å². The van der Waals surface area contributed by atoms with Crippen molar-refractivity contribution < 1.29 is 13.2 Å². The van der Waals surface area contributed by atoms with E-state index in [0.717, 1.165) is 17.8 Å². The Morgan fingerprint density at radius 2 is 2.10 bits per heavy atom. The summed E-state index contributed by atoms with van der Waals surface area (Å²) >= 11 is 4.30. The summed E-state index contributed by atoms with van der Waals surface area (Å²) in [4.78, 5) is 7.92. The number of pyridine rings is 1. The third kappa shape index (κ3) is 4.24. The Hall–Kier alpha value is -0.990. The smallest absolute Gasteiger partial charge is 0.312 e. The monoisotopic (exact) mass is 379 g/mol. The molecule has 2 aromatic heterocycles. The van der Waals surface area contributed by atoms with Crippen molar-refractivity contribution in [3.05, 3.63) is 33.5 Å². The summed E-state index contributed by atoms with van der Waals surface area (Å²) in [6.07, 6.45) is -0.502. The van der Waals surface area contributed by atoms with E-state index >= 15 is 0 Å². The first-order chi connectivity index (χ1) is 9.91. The van der Waals surface area contributed by atoms with Gasteiger partial charge in [-0.3, -0.25) is 4.98 Å².